The zero-order valence-corrected chi connectivity index (χ0v) is 16.8. The van der Waals surface area contributed by atoms with Crippen LogP contribution in [0.15, 0.2) is 53.7 Å². The number of anilines is 1. The van der Waals surface area contributed by atoms with E-state index in [1.807, 2.05) is 0 Å². The number of oxime groups is 1. The number of allylic oxidation sites excluding steroid dienone is 1. The Bertz CT molecular complexity index is 943. The standard InChI is InChI=1S/C20H20F3N3O2S/c1-13(14-7-6-8-15(11-14)20(21,22)23)19(28-24)16-9-4-5-10-17(16)26(2)18(29)12-25-27-3/h4-12H,24H2,1-3H3. The van der Waals surface area contributed by atoms with Gasteiger partial charge in [-0.05, 0) is 36.8 Å². The van der Waals surface area contributed by atoms with E-state index in [1.165, 1.54) is 19.4 Å². The average molecular weight is 423 g/mol. The third kappa shape index (κ3) is 5.33. The third-order valence-electron chi connectivity index (χ3n) is 4.19. The lowest BCUT2D eigenvalue weighted by molar-refractivity contribution is -0.137. The van der Waals surface area contributed by atoms with Crippen molar-refractivity contribution in [2.24, 2.45) is 11.1 Å². The van der Waals surface area contributed by atoms with Gasteiger partial charge in [-0.15, -0.1) is 0 Å². The monoisotopic (exact) mass is 423 g/mol. The molecule has 2 aromatic rings. The van der Waals surface area contributed by atoms with E-state index in [-0.39, 0.29) is 5.76 Å². The number of thiocarbonyl (C=S) groups is 1. The first kappa shape index (κ1) is 22.4. The summed E-state index contributed by atoms with van der Waals surface area (Å²) in [5.74, 6) is 5.74. The number of hydrogen-bond donors (Lipinski definition) is 1. The van der Waals surface area contributed by atoms with Crippen LogP contribution in [0, 0.1) is 0 Å². The normalized spacial score (nSPS) is 12.5. The van der Waals surface area contributed by atoms with Crippen molar-refractivity contribution in [3.05, 3.63) is 65.2 Å². The van der Waals surface area contributed by atoms with Gasteiger partial charge in [0.05, 0.1) is 11.3 Å². The zero-order chi connectivity index (χ0) is 21.6. The van der Waals surface area contributed by atoms with E-state index in [2.05, 4.69) is 9.99 Å². The molecular weight excluding hydrogens is 403 g/mol. The van der Waals surface area contributed by atoms with Crippen molar-refractivity contribution < 1.29 is 22.8 Å². The highest BCUT2D eigenvalue weighted by atomic mass is 32.1. The summed E-state index contributed by atoms with van der Waals surface area (Å²) in [6.07, 6.45) is -3.09. The number of nitrogens with zero attached hydrogens (tertiary/aromatic N) is 2. The molecule has 0 atom stereocenters. The molecule has 0 heterocycles. The fourth-order valence-corrected chi connectivity index (χ4v) is 2.82. The molecule has 2 rings (SSSR count). The minimum atomic E-state index is -4.45. The molecule has 9 heteroatoms. The van der Waals surface area contributed by atoms with Gasteiger partial charge in [0.1, 0.15) is 18.3 Å². The van der Waals surface area contributed by atoms with Gasteiger partial charge in [-0.3, -0.25) is 0 Å². The highest BCUT2D eigenvalue weighted by Gasteiger charge is 2.30. The van der Waals surface area contributed by atoms with Crippen LogP contribution in [0.5, 0.6) is 0 Å². The Balaban J connectivity index is 2.57. The lowest BCUT2D eigenvalue weighted by Gasteiger charge is -2.22. The summed E-state index contributed by atoms with van der Waals surface area (Å²) in [4.78, 5) is 11.8. The first-order chi connectivity index (χ1) is 13.7. The Morgan fingerprint density at radius 2 is 1.86 bits per heavy atom. The summed E-state index contributed by atoms with van der Waals surface area (Å²) in [5, 5.41) is 3.65. The van der Waals surface area contributed by atoms with Crippen LogP contribution < -0.4 is 10.8 Å². The Kier molecular flexibility index (Phi) is 7.35. The average Bonchev–Trinajstić information content (AvgIpc) is 2.71. The van der Waals surface area contributed by atoms with Crippen LogP contribution in [0.4, 0.5) is 18.9 Å². The van der Waals surface area contributed by atoms with E-state index in [9.17, 15) is 13.2 Å². The molecule has 0 aliphatic rings. The summed E-state index contributed by atoms with van der Waals surface area (Å²) in [5.41, 5.74) is 1.21. The fourth-order valence-electron chi connectivity index (χ4n) is 2.67. The van der Waals surface area contributed by atoms with Gasteiger partial charge in [-0.2, -0.15) is 19.1 Å². The maximum atomic E-state index is 13.1. The second kappa shape index (κ2) is 9.53. The van der Waals surface area contributed by atoms with E-state index in [4.69, 9.17) is 23.0 Å². The molecule has 154 valence electrons. The molecule has 29 heavy (non-hydrogen) atoms. The number of benzene rings is 2. The Morgan fingerprint density at radius 1 is 1.17 bits per heavy atom. The molecule has 0 bridgehead atoms. The Hall–Kier alpha value is -2.91. The summed E-state index contributed by atoms with van der Waals surface area (Å²) in [6.45, 7) is 1.64. The summed E-state index contributed by atoms with van der Waals surface area (Å²) >= 11 is 5.31. The number of rotatable bonds is 6. The Labute approximate surface area is 172 Å². The summed E-state index contributed by atoms with van der Waals surface area (Å²) < 4.78 is 39.2. The van der Waals surface area contributed by atoms with Crippen LogP contribution in [0.3, 0.4) is 0 Å². The van der Waals surface area contributed by atoms with Gasteiger partial charge in [-0.1, -0.05) is 41.6 Å². The number of nitrogens with two attached hydrogens (primary N) is 1. The molecule has 0 saturated heterocycles. The molecule has 0 fully saturated rings. The van der Waals surface area contributed by atoms with Crippen LogP contribution in [0.25, 0.3) is 11.3 Å². The lowest BCUT2D eigenvalue weighted by atomic mass is 9.99. The van der Waals surface area contributed by atoms with Crippen LogP contribution in [0.2, 0.25) is 0 Å². The molecule has 0 aliphatic heterocycles. The molecule has 0 aliphatic carbocycles. The van der Waals surface area contributed by atoms with Gasteiger partial charge in [-0.25, -0.2) is 0 Å². The molecule has 0 radical (unpaired) electrons. The summed E-state index contributed by atoms with van der Waals surface area (Å²) in [7, 11) is 3.12. The van der Waals surface area contributed by atoms with Crippen LogP contribution in [-0.2, 0) is 15.9 Å². The topological polar surface area (TPSA) is 60.1 Å². The SMILES string of the molecule is CON=CC(=S)N(C)c1ccccc1C(ON)=C(C)c1cccc(C(F)(F)F)c1. The van der Waals surface area contributed by atoms with E-state index in [0.717, 1.165) is 12.1 Å². The molecule has 0 spiro atoms. The van der Waals surface area contributed by atoms with Crippen molar-refractivity contribution in [2.45, 2.75) is 13.1 Å². The van der Waals surface area contributed by atoms with Crippen molar-refractivity contribution in [1.29, 1.82) is 0 Å². The minimum Gasteiger partial charge on any atom is -0.410 e. The summed E-state index contributed by atoms with van der Waals surface area (Å²) in [6, 6.07) is 12.0. The van der Waals surface area contributed by atoms with Gasteiger partial charge in [0.2, 0.25) is 0 Å². The second-order valence-electron chi connectivity index (χ2n) is 5.98. The molecule has 0 amide bonds. The molecule has 2 N–H and O–H groups in total. The van der Waals surface area contributed by atoms with Crippen LogP contribution in [0.1, 0.15) is 23.6 Å². The smallest absolute Gasteiger partial charge is 0.410 e. The molecule has 0 unspecified atom stereocenters. The zero-order valence-electron chi connectivity index (χ0n) is 16.0. The number of hydrogen-bond acceptors (Lipinski definition) is 5. The lowest BCUT2D eigenvalue weighted by Crippen LogP contribution is -2.26. The number of halogens is 3. The van der Waals surface area contributed by atoms with E-state index >= 15 is 0 Å². The van der Waals surface area contributed by atoms with Crippen molar-refractivity contribution in [3.8, 4) is 0 Å². The van der Waals surface area contributed by atoms with E-state index in [1.54, 1.807) is 49.2 Å². The van der Waals surface area contributed by atoms with Crippen molar-refractivity contribution >= 4 is 40.4 Å². The predicted octanol–water partition coefficient (Wildman–Crippen LogP) is 4.88. The highest BCUT2D eigenvalue weighted by Crippen LogP contribution is 2.35. The van der Waals surface area contributed by atoms with Gasteiger partial charge in [0.25, 0.3) is 0 Å². The molecule has 2 aromatic carbocycles. The maximum Gasteiger partial charge on any atom is 0.416 e. The molecule has 0 saturated carbocycles. The van der Waals surface area contributed by atoms with Gasteiger partial charge in [0.15, 0.2) is 5.76 Å². The van der Waals surface area contributed by atoms with Crippen molar-refractivity contribution in [1.82, 2.24) is 0 Å². The first-order valence-corrected chi connectivity index (χ1v) is 8.80. The van der Waals surface area contributed by atoms with Crippen molar-refractivity contribution in [2.75, 3.05) is 19.1 Å². The highest BCUT2D eigenvalue weighted by molar-refractivity contribution is 7.82. The molecule has 5 nitrogen and oxygen atoms in total. The van der Waals surface area contributed by atoms with E-state index in [0.29, 0.717) is 27.4 Å². The largest absolute Gasteiger partial charge is 0.416 e. The first-order valence-electron chi connectivity index (χ1n) is 8.39. The third-order valence-corrected chi connectivity index (χ3v) is 4.57. The predicted molar refractivity (Wildman–Crippen MR) is 112 cm³/mol. The van der Waals surface area contributed by atoms with E-state index < -0.39 is 11.7 Å². The maximum absolute atomic E-state index is 13.1. The number of alkyl halides is 3. The molecular formula is C20H20F3N3O2S. The van der Waals surface area contributed by atoms with Gasteiger partial charge >= 0.3 is 6.18 Å². The number of para-hydroxylation sites is 1. The quantitative estimate of drug-likeness (QED) is 0.236. The second-order valence-corrected chi connectivity index (χ2v) is 6.40. The van der Waals surface area contributed by atoms with Gasteiger partial charge in [0, 0.05) is 18.2 Å². The fraction of sp³-hybridized carbons (Fsp3) is 0.200. The van der Waals surface area contributed by atoms with Crippen molar-refractivity contribution in [3.63, 3.8) is 0 Å². The Morgan fingerprint density at radius 3 is 2.48 bits per heavy atom. The van der Waals surface area contributed by atoms with Gasteiger partial charge < -0.3 is 14.6 Å². The molecule has 0 aromatic heterocycles. The van der Waals surface area contributed by atoms with Crippen LogP contribution in [-0.4, -0.2) is 25.4 Å². The van der Waals surface area contributed by atoms with Crippen LogP contribution >= 0.6 is 12.2 Å². The minimum absolute atomic E-state index is 0.221.